The van der Waals surface area contributed by atoms with Crippen molar-refractivity contribution < 1.29 is 14.6 Å². The molecule has 0 saturated heterocycles. The maximum absolute atomic E-state index is 8.53. The molecule has 0 radical (unpaired) electrons. The highest BCUT2D eigenvalue weighted by Crippen LogP contribution is 2.34. The Balaban J connectivity index is 2.29. The second-order valence-electron chi connectivity index (χ2n) is 4.50. The molecule has 0 fully saturated rings. The van der Waals surface area contributed by atoms with E-state index < -0.39 is 0 Å². The Labute approximate surface area is 138 Å². The molecule has 22 heavy (non-hydrogen) atoms. The maximum atomic E-state index is 8.53. The molecule has 5 nitrogen and oxygen atoms in total. The van der Waals surface area contributed by atoms with Crippen LogP contribution in [0.4, 0.5) is 0 Å². The molecule has 1 heterocycles. The van der Waals surface area contributed by atoms with E-state index in [9.17, 15) is 0 Å². The van der Waals surface area contributed by atoms with Crippen molar-refractivity contribution in [3.63, 3.8) is 0 Å². The molecule has 7 heteroatoms. The van der Waals surface area contributed by atoms with Crippen molar-refractivity contribution >= 4 is 23.2 Å². The molecule has 2 aromatic rings. The van der Waals surface area contributed by atoms with Gasteiger partial charge in [0.25, 0.3) is 0 Å². The van der Waals surface area contributed by atoms with E-state index in [4.69, 9.17) is 37.8 Å². The molecule has 1 aromatic carbocycles. The molecule has 0 aliphatic heterocycles. The first-order valence-electron chi connectivity index (χ1n) is 6.79. The predicted molar refractivity (Wildman–Crippen MR) is 85.1 cm³/mol. The minimum Gasteiger partial charge on any atom is -0.467 e. The largest absolute Gasteiger partial charge is 0.467 e. The van der Waals surface area contributed by atoms with Gasteiger partial charge in [0.05, 0.1) is 0 Å². The average Bonchev–Trinajstić information content (AvgIpc) is 2.53. The second kappa shape index (κ2) is 8.29. The average molecular weight is 343 g/mol. The predicted octanol–water partition coefficient (Wildman–Crippen LogP) is 3.71. The Morgan fingerprint density at radius 3 is 2.41 bits per heavy atom. The molecule has 0 saturated carbocycles. The van der Waals surface area contributed by atoms with E-state index in [1.807, 2.05) is 12.1 Å². The number of aromatic nitrogens is 2. The number of aliphatic hydroxyl groups excluding tert-OH is 1. The van der Waals surface area contributed by atoms with Crippen molar-refractivity contribution in [2.24, 2.45) is 0 Å². The third-order valence-electron chi connectivity index (χ3n) is 3.03. The fraction of sp³-hybridized carbons (Fsp3) is 0.333. The summed E-state index contributed by atoms with van der Waals surface area (Å²) >= 11 is 12.4. The Bertz CT molecular complexity index is 621. The van der Waals surface area contributed by atoms with E-state index in [1.54, 1.807) is 12.1 Å². The lowest BCUT2D eigenvalue weighted by Crippen LogP contribution is -2.03. The monoisotopic (exact) mass is 342 g/mol. The van der Waals surface area contributed by atoms with Gasteiger partial charge in [-0.3, -0.25) is 0 Å². The molecular formula is C15H16Cl2N2O3. The van der Waals surface area contributed by atoms with Crippen molar-refractivity contribution in [3.05, 3.63) is 40.1 Å². The summed E-state index contributed by atoms with van der Waals surface area (Å²) in [5, 5.41) is 17.0. The summed E-state index contributed by atoms with van der Waals surface area (Å²) in [5.74, 6) is 0.624. The zero-order chi connectivity index (χ0) is 15.9. The normalized spacial score (nSPS) is 10.7. The SMILES string of the molecule is CCCc1c(Cl)nnc(Cl)c1-c1ccc(OCOCO)cc1. The summed E-state index contributed by atoms with van der Waals surface area (Å²) in [4.78, 5) is 0. The van der Waals surface area contributed by atoms with E-state index in [1.165, 1.54) is 0 Å². The summed E-state index contributed by atoms with van der Waals surface area (Å²) in [7, 11) is 0. The van der Waals surface area contributed by atoms with Crippen LogP contribution in [0.3, 0.4) is 0 Å². The van der Waals surface area contributed by atoms with Crippen molar-refractivity contribution in [3.8, 4) is 16.9 Å². The first-order chi connectivity index (χ1) is 10.7. The van der Waals surface area contributed by atoms with Crippen LogP contribution in [0.5, 0.6) is 5.75 Å². The lowest BCUT2D eigenvalue weighted by atomic mass is 10.00. The molecule has 2 rings (SSSR count). The van der Waals surface area contributed by atoms with Crippen LogP contribution >= 0.6 is 23.2 Å². The molecule has 0 bridgehead atoms. The molecule has 0 atom stereocenters. The fourth-order valence-electron chi connectivity index (χ4n) is 2.06. The molecular weight excluding hydrogens is 327 g/mol. The summed E-state index contributed by atoms with van der Waals surface area (Å²) in [6.45, 7) is 1.67. The minimum atomic E-state index is -0.380. The van der Waals surface area contributed by atoms with Gasteiger partial charge < -0.3 is 14.6 Å². The van der Waals surface area contributed by atoms with Gasteiger partial charge in [-0.15, -0.1) is 10.2 Å². The molecule has 0 aliphatic rings. The van der Waals surface area contributed by atoms with Gasteiger partial charge in [0.15, 0.2) is 17.1 Å². The number of rotatable bonds is 7. The van der Waals surface area contributed by atoms with E-state index in [2.05, 4.69) is 17.1 Å². The fourth-order valence-corrected chi connectivity index (χ4v) is 2.55. The number of hydrogen-bond acceptors (Lipinski definition) is 5. The van der Waals surface area contributed by atoms with Crippen LogP contribution in [-0.2, 0) is 11.2 Å². The highest BCUT2D eigenvalue weighted by Gasteiger charge is 2.15. The smallest absolute Gasteiger partial charge is 0.191 e. The van der Waals surface area contributed by atoms with Crippen LogP contribution in [0.15, 0.2) is 24.3 Å². The third kappa shape index (κ3) is 4.08. The lowest BCUT2D eigenvalue weighted by molar-refractivity contribution is -0.0653. The van der Waals surface area contributed by atoms with E-state index >= 15 is 0 Å². The molecule has 0 spiro atoms. The van der Waals surface area contributed by atoms with Crippen molar-refractivity contribution in [1.29, 1.82) is 0 Å². The summed E-state index contributed by atoms with van der Waals surface area (Å²) in [6.07, 6.45) is 1.69. The number of hydrogen-bond donors (Lipinski definition) is 1. The van der Waals surface area contributed by atoms with Crippen molar-refractivity contribution in [2.75, 3.05) is 13.6 Å². The van der Waals surface area contributed by atoms with Gasteiger partial charge in [-0.25, -0.2) is 0 Å². The number of ether oxygens (including phenoxy) is 2. The van der Waals surface area contributed by atoms with E-state index in [-0.39, 0.29) is 13.6 Å². The minimum absolute atomic E-state index is 0.0136. The Morgan fingerprint density at radius 1 is 1.09 bits per heavy atom. The maximum Gasteiger partial charge on any atom is 0.191 e. The zero-order valence-electron chi connectivity index (χ0n) is 12.1. The first kappa shape index (κ1) is 17.0. The highest BCUT2D eigenvalue weighted by atomic mass is 35.5. The third-order valence-corrected chi connectivity index (χ3v) is 3.59. The van der Waals surface area contributed by atoms with Crippen LogP contribution in [0.25, 0.3) is 11.1 Å². The van der Waals surface area contributed by atoms with Crippen LogP contribution in [-0.4, -0.2) is 28.9 Å². The van der Waals surface area contributed by atoms with Crippen LogP contribution < -0.4 is 4.74 Å². The summed E-state index contributed by atoms with van der Waals surface area (Å²) < 4.78 is 10.0. The molecule has 1 N–H and O–H groups in total. The Kier molecular flexibility index (Phi) is 6.39. The Morgan fingerprint density at radius 2 is 1.77 bits per heavy atom. The van der Waals surface area contributed by atoms with Crippen LogP contribution in [0, 0.1) is 0 Å². The van der Waals surface area contributed by atoms with Crippen LogP contribution in [0.2, 0.25) is 10.3 Å². The van der Waals surface area contributed by atoms with Gasteiger partial charge in [-0.1, -0.05) is 48.7 Å². The lowest BCUT2D eigenvalue weighted by Gasteiger charge is -2.12. The number of benzene rings is 1. The summed E-state index contributed by atoms with van der Waals surface area (Å²) in [6, 6.07) is 7.31. The molecule has 0 aliphatic carbocycles. The standard InChI is InChI=1S/C15H16Cl2N2O3/c1-2-3-12-13(15(17)19-18-14(12)16)10-4-6-11(7-5-10)22-9-21-8-20/h4-7,20H,2-3,8-9H2,1H3. The van der Waals surface area contributed by atoms with E-state index in [0.717, 1.165) is 29.5 Å². The highest BCUT2D eigenvalue weighted by molar-refractivity contribution is 6.34. The van der Waals surface area contributed by atoms with Gasteiger partial charge in [-0.2, -0.15) is 0 Å². The van der Waals surface area contributed by atoms with Gasteiger partial charge in [0, 0.05) is 11.1 Å². The summed E-state index contributed by atoms with van der Waals surface area (Å²) in [5.41, 5.74) is 2.57. The first-order valence-corrected chi connectivity index (χ1v) is 7.55. The number of nitrogens with zero attached hydrogens (tertiary/aromatic N) is 2. The second-order valence-corrected chi connectivity index (χ2v) is 5.22. The van der Waals surface area contributed by atoms with Crippen LogP contribution in [0.1, 0.15) is 18.9 Å². The van der Waals surface area contributed by atoms with Gasteiger partial charge in [-0.05, 0) is 24.1 Å². The van der Waals surface area contributed by atoms with Gasteiger partial charge in [0.2, 0.25) is 0 Å². The van der Waals surface area contributed by atoms with Gasteiger partial charge >= 0.3 is 0 Å². The zero-order valence-corrected chi connectivity index (χ0v) is 13.6. The van der Waals surface area contributed by atoms with Crippen molar-refractivity contribution in [1.82, 2.24) is 10.2 Å². The van der Waals surface area contributed by atoms with Crippen molar-refractivity contribution in [2.45, 2.75) is 19.8 Å². The molecule has 0 unspecified atom stereocenters. The number of halogens is 2. The van der Waals surface area contributed by atoms with Gasteiger partial charge in [0.1, 0.15) is 12.5 Å². The number of aliphatic hydroxyl groups is 1. The Hall–Kier alpha value is -1.40. The molecule has 118 valence electrons. The molecule has 0 amide bonds. The van der Waals surface area contributed by atoms with E-state index in [0.29, 0.717) is 16.1 Å². The topological polar surface area (TPSA) is 64.5 Å². The molecule has 1 aromatic heterocycles. The quantitative estimate of drug-likeness (QED) is 0.613.